The van der Waals surface area contributed by atoms with E-state index in [1.165, 1.54) is 6.20 Å². The lowest BCUT2D eigenvalue weighted by Crippen LogP contribution is -2.34. The van der Waals surface area contributed by atoms with Gasteiger partial charge in [0, 0.05) is 48.3 Å². The second-order valence-electron chi connectivity index (χ2n) is 8.23. The Bertz CT molecular complexity index is 1080. The van der Waals surface area contributed by atoms with Gasteiger partial charge >= 0.3 is 0 Å². The number of fused-ring (bicyclic) bond motifs is 3. The van der Waals surface area contributed by atoms with E-state index in [1.807, 2.05) is 43.3 Å². The number of rotatable bonds is 7. The average Bonchev–Trinajstić information content (AvgIpc) is 3.28. The van der Waals surface area contributed by atoms with Gasteiger partial charge in [0.2, 0.25) is 0 Å². The van der Waals surface area contributed by atoms with Gasteiger partial charge in [0.05, 0.1) is 24.6 Å². The smallest absolute Gasteiger partial charge is 0.125 e. The van der Waals surface area contributed by atoms with E-state index in [0.717, 1.165) is 28.4 Å². The first-order chi connectivity index (χ1) is 16.0. The lowest BCUT2D eigenvalue weighted by molar-refractivity contribution is -0.0778. The Morgan fingerprint density at radius 3 is 2.85 bits per heavy atom. The second-order valence-corrected chi connectivity index (χ2v) is 8.67. The lowest BCUT2D eigenvalue weighted by atomic mass is 9.86. The van der Waals surface area contributed by atoms with Crippen molar-refractivity contribution in [3.63, 3.8) is 0 Å². The zero-order chi connectivity index (χ0) is 23.5. The molecule has 8 heteroatoms. The monoisotopic (exact) mass is 470 g/mol. The molecule has 0 bridgehead atoms. The molecule has 4 N–H and O–H groups in total. The van der Waals surface area contributed by atoms with Crippen molar-refractivity contribution >= 4 is 11.6 Å². The van der Waals surface area contributed by atoms with Crippen LogP contribution in [-0.4, -0.2) is 36.4 Å². The second kappa shape index (κ2) is 10.1. The number of nitrogens with two attached hydrogens (primary N) is 2. The largest absolute Gasteiger partial charge is 0.498 e. The Kier molecular flexibility index (Phi) is 7.14. The molecule has 7 nitrogen and oxygen atoms in total. The molecule has 33 heavy (non-hydrogen) atoms. The maximum absolute atomic E-state index is 6.88. The molecule has 0 saturated heterocycles. The van der Waals surface area contributed by atoms with Crippen LogP contribution in [0.25, 0.3) is 5.69 Å². The molecule has 2 aromatic rings. The van der Waals surface area contributed by atoms with Crippen molar-refractivity contribution in [1.29, 1.82) is 0 Å². The Hall–Kier alpha value is -2.71. The topological polar surface area (TPSA) is 87.9 Å². The minimum Gasteiger partial charge on any atom is -0.498 e. The van der Waals surface area contributed by atoms with E-state index in [-0.39, 0.29) is 24.2 Å². The molecule has 4 atom stereocenters. The van der Waals surface area contributed by atoms with Crippen molar-refractivity contribution in [3.8, 4) is 5.69 Å². The van der Waals surface area contributed by atoms with E-state index in [0.29, 0.717) is 18.0 Å². The summed E-state index contributed by atoms with van der Waals surface area (Å²) in [6.07, 6.45) is 9.44. The first-order valence-electron chi connectivity index (χ1n) is 11.0. The molecule has 4 rings (SSSR count). The van der Waals surface area contributed by atoms with Crippen LogP contribution in [0, 0.1) is 5.92 Å². The summed E-state index contributed by atoms with van der Waals surface area (Å²) < 4.78 is 20.5. The molecule has 0 fully saturated rings. The number of nitrogens with zero attached hydrogens (tertiary/aromatic N) is 2. The third kappa shape index (κ3) is 4.54. The zero-order valence-corrected chi connectivity index (χ0v) is 19.9. The molecule has 1 aromatic carbocycles. The predicted molar refractivity (Wildman–Crippen MR) is 129 cm³/mol. The zero-order valence-electron chi connectivity index (χ0n) is 19.1. The van der Waals surface area contributed by atoms with Crippen LogP contribution in [0.15, 0.2) is 72.4 Å². The molecule has 1 aliphatic carbocycles. The fourth-order valence-electron chi connectivity index (χ4n) is 4.59. The summed E-state index contributed by atoms with van der Waals surface area (Å²) in [6, 6.07) is 10.0. The number of hydrogen-bond acceptors (Lipinski definition) is 6. The van der Waals surface area contributed by atoms with E-state index in [4.69, 9.17) is 37.4 Å². The maximum atomic E-state index is 6.88. The average molecular weight is 471 g/mol. The van der Waals surface area contributed by atoms with E-state index >= 15 is 0 Å². The number of hydrogen-bond donors (Lipinski definition) is 2. The fourth-order valence-corrected chi connectivity index (χ4v) is 4.77. The van der Waals surface area contributed by atoms with Crippen LogP contribution in [0.1, 0.15) is 36.8 Å². The third-order valence-corrected chi connectivity index (χ3v) is 6.60. The van der Waals surface area contributed by atoms with Gasteiger partial charge in [0.25, 0.3) is 0 Å². The van der Waals surface area contributed by atoms with Crippen LogP contribution in [-0.2, 0) is 14.2 Å². The molecular weight excluding hydrogens is 440 g/mol. The van der Waals surface area contributed by atoms with Crippen molar-refractivity contribution in [3.05, 3.63) is 88.7 Å². The molecular formula is C25H31ClN4O3. The van der Waals surface area contributed by atoms with Crippen molar-refractivity contribution in [2.75, 3.05) is 20.8 Å². The summed E-state index contributed by atoms with van der Waals surface area (Å²) in [7, 11) is 3.35. The van der Waals surface area contributed by atoms with E-state index < -0.39 is 0 Å². The highest BCUT2D eigenvalue weighted by Gasteiger charge is 2.39. The number of methoxy groups -OCH3 is 2. The maximum Gasteiger partial charge on any atom is 0.125 e. The predicted octanol–water partition coefficient (Wildman–Crippen LogP) is 4.36. The molecule has 0 radical (unpaired) electrons. The van der Waals surface area contributed by atoms with Gasteiger partial charge in [-0.2, -0.15) is 0 Å². The Morgan fingerprint density at radius 1 is 1.30 bits per heavy atom. The summed E-state index contributed by atoms with van der Waals surface area (Å²) in [5.41, 5.74) is 9.53. The number of halogens is 1. The fraction of sp³-hybridized carbons (Fsp3) is 0.360. The molecule has 2 aliphatic rings. The Balaban J connectivity index is 1.76. The van der Waals surface area contributed by atoms with Crippen LogP contribution in [0.2, 0.25) is 5.02 Å². The van der Waals surface area contributed by atoms with Gasteiger partial charge in [-0.25, -0.2) is 5.84 Å². The molecule has 0 spiro atoms. The molecule has 0 saturated carbocycles. The molecule has 0 amide bonds. The van der Waals surface area contributed by atoms with Crippen LogP contribution in [0.4, 0.5) is 0 Å². The third-order valence-electron chi connectivity index (χ3n) is 6.37. The quantitative estimate of drug-likeness (QED) is 0.461. The summed E-state index contributed by atoms with van der Waals surface area (Å²) in [5.74, 6) is 6.84. The minimum atomic E-state index is -0.318. The Morgan fingerprint density at radius 2 is 2.12 bits per heavy atom. The number of allylic oxidation sites excluding steroid dienone is 3. The highest BCUT2D eigenvalue weighted by molar-refractivity contribution is 6.30. The highest BCUT2D eigenvalue weighted by Crippen LogP contribution is 2.45. The highest BCUT2D eigenvalue weighted by atomic mass is 35.5. The molecule has 4 unspecified atom stereocenters. The first kappa shape index (κ1) is 23.4. The number of ether oxygens (including phenoxy) is 3. The van der Waals surface area contributed by atoms with Crippen LogP contribution < -0.4 is 11.6 Å². The molecule has 176 valence electrons. The van der Waals surface area contributed by atoms with Crippen LogP contribution in [0.3, 0.4) is 0 Å². The van der Waals surface area contributed by atoms with Crippen molar-refractivity contribution in [2.45, 2.75) is 31.7 Å². The number of benzene rings is 1. The molecule has 2 heterocycles. The SMILES string of the molecule is COC1=CC=CC(C2OC(CCN(N)C(C)=CN)c3cccn3-c3ccc(Cl)cc32)C1OC. The van der Waals surface area contributed by atoms with E-state index in [9.17, 15) is 0 Å². The van der Waals surface area contributed by atoms with E-state index in [1.54, 1.807) is 19.2 Å². The van der Waals surface area contributed by atoms with Gasteiger partial charge < -0.3 is 29.5 Å². The van der Waals surface area contributed by atoms with Gasteiger partial charge in [-0.15, -0.1) is 0 Å². The van der Waals surface area contributed by atoms with Crippen molar-refractivity contribution < 1.29 is 14.2 Å². The van der Waals surface area contributed by atoms with Gasteiger partial charge in [0.15, 0.2) is 0 Å². The summed E-state index contributed by atoms with van der Waals surface area (Å²) >= 11 is 6.46. The summed E-state index contributed by atoms with van der Waals surface area (Å²) in [6.45, 7) is 2.46. The van der Waals surface area contributed by atoms with Crippen LogP contribution >= 0.6 is 11.6 Å². The Labute approximate surface area is 199 Å². The molecule has 1 aromatic heterocycles. The summed E-state index contributed by atoms with van der Waals surface area (Å²) in [4.78, 5) is 0. The van der Waals surface area contributed by atoms with Gasteiger partial charge in [-0.05, 0) is 49.8 Å². The number of aromatic nitrogens is 1. The number of hydrazine groups is 1. The van der Waals surface area contributed by atoms with Gasteiger partial charge in [0.1, 0.15) is 18.0 Å². The summed E-state index contributed by atoms with van der Waals surface area (Å²) in [5, 5.41) is 2.30. The first-order valence-corrected chi connectivity index (χ1v) is 11.3. The van der Waals surface area contributed by atoms with Gasteiger partial charge in [-0.3, -0.25) is 0 Å². The standard InChI is InChI=1S/C25H31ClN4O3/c1-16(15-27)30(28)13-11-22-21-7-5-12-29(21)20-10-9-17(26)14-19(20)24(33-22)18-6-4-8-23(31-2)25(18)32-3/h4-10,12,14-15,18,22,24-25H,11,13,27-28H2,1-3H3. The van der Waals surface area contributed by atoms with E-state index in [2.05, 4.69) is 22.9 Å². The van der Waals surface area contributed by atoms with Gasteiger partial charge in [-0.1, -0.05) is 23.8 Å². The minimum absolute atomic E-state index is 0.112. The van der Waals surface area contributed by atoms with Crippen LogP contribution in [0.5, 0.6) is 0 Å². The normalized spacial score (nSPS) is 24.5. The van der Waals surface area contributed by atoms with Crippen molar-refractivity contribution in [2.24, 2.45) is 17.5 Å². The van der Waals surface area contributed by atoms with Crippen molar-refractivity contribution in [1.82, 2.24) is 9.58 Å². The lowest BCUT2D eigenvalue weighted by Gasteiger charge is -2.35. The molecule has 1 aliphatic heterocycles.